The lowest BCUT2D eigenvalue weighted by Gasteiger charge is -2.38. The van der Waals surface area contributed by atoms with Gasteiger partial charge >= 0.3 is 0 Å². The van der Waals surface area contributed by atoms with E-state index in [0.29, 0.717) is 5.02 Å². The Morgan fingerprint density at radius 2 is 1.85 bits per heavy atom. The van der Waals surface area contributed by atoms with Crippen LogP contribution in [-0.2, 0) is 0 Å². The van der Waals surface area contributed by atoms with E-state index in [0.717, 1.165) is 48.0 Å². The van der Waals surface area contributed by atoms with Gasteiger partial charge in [0.15, 0.2) is 0 Å². The number of rotatable bonds is 3. The van der Waals surface area contributed by atoms with E-state index in [1.807, 2.05) is 30.3 Å². The van der Waals surface area contributed by atoms with Crippen LogP contribution in [0.15, 0.2) is 54.7 Å². The summed E-state index contributed by atoms with van der Waals surface area (Å²) in [4.78, 5) is 6.69. The molecule has 1 fully saturated rings. The van der Waals surface area contributed by atoms with E-state index in [2.05, 4.69) is 9.88 Å². The van der Waals surface area contributed by atoms with Gasteiger partial charge in [0.1, 0.15) is 5.82 Å². The lowest BCUT2D eigenvalue weighted by molar-refractivity contribution is 0.391. The molecule has 1 saturated carbocycles. The highest BCUT2D eigenvalue weighted by Gasteiger charge is 2.27. The van der Waals surface area contributed by atoms with E-state index in [1.54, 1.807) is 18.3 Å². The summed E-state index contributed by atoms with van der Waals surface area (Å²) in [5, 5.41) is 1.67. The Balaban J connectivity index is 1.85. The first-order valence-electron chi connectivity index (χ1n) is 8.96. The van der Waals surface area contributed by atoms with Crippen LogP contribution in [0.4, 0.5) is 15.8 Å². The largest absolute Gasteiger partial charge is 0.338 e. The van der Waals surface area contributed by atoms with Gasteiger partial charge in [0.25, 0.3) is 0 Å². The van der Waals surface area contributed by atoms with Gasteiger partial charge in [-0.05, 0) is 68.1 Å². The Morgan fingerprint density at radius 1 is 1.04 bits per heavy atom. The molecule has 1 aliphatic carbocycles. The van der Waals surface area contributed by atoms with Crippen molar-refractivity contribution in [2.75, 3.05) is 4.90 Å². The summed E-state index contributed by atoms with van der Waals surface area (Å²) in [5.41, 5.74) is 8.82. The first-order valence-corrected chi connectivity index (χ1v) is 9.34. The minimum atomic E-state index is -0.235. The van der Waals surface area contributed by atoms with Gasteiger partial charge in [0, 0.05) is 34.4 Å². The van der Waals surface area contributed by atoms with Gasteiger partial charge in [0.2, 0.25) is 0 Å². The second kappa shape index (κ2) is 7.22. The van der Waals surface area contributed by atoms with Gasteiger partial charge in [-0.25, -0.2) is 4.39 Å². The number of halogens is 2. The summed E-state index contributed by atoms with van der Waals surface area (Å²) in [6.45, 7) is 0. The molecule has 1 aromatic heterocycles. The second-order valence-electron chi connectivity index (χ2n) is 6.91. The number of aromatic nitrogens is 1. The topological polar surface area (TPSA) is 42.1 Å². The fraction of sp³-hybridized carbons (Fsp3) is 0.286. The van der Waals surface area contributed by atoms with E-state index < -0.39 is 0 Å². The van der Waals surface area contributed by atoms with Crippen LogP contribution in [0.25, 0.3) is 10.9 Å². The fourth-order valence-corrected chi connectivity index (χ4v) is 4.01. The molecule has 5 heteroatoms. The predicted molar refractivity (Wildman–Crippen MR) is 106 cm³/mol. The standard InChI is InChI=1S/C21H21ClFN3/c22-14-4-9-19-20(12-14)25-11-10-21(19)26(17-7-5-16(24)6-8-17)18-3-1-2-15(23)13-18/h1-4,9-13,16-17H,5-8,24H2. The van der Waals surface area contributed by atoms with E-state index in [9.17, 15) is 4.39 Å². The van der Waals surface area contributed by atoms with Crippen molar-refractivity contribution >= 4 is 33.9 Å². The van der Waals surface area contributed by atoms with E-state index >= 15 is 0 Å². The van der Waals surface area contributed by atoms with Gasteiger partial charge < -0.3 is 10.6 Å². The van der Waals surface area contributed by atoms with Gasteiger partial charge in [-0.2, -0.15) is 0 Å². The molecule has 0 atom stereocenters. The smallest absolute Gasteiger partial charge is 0.125 e. The molecular weight excluding hydrogens is 349 g/mol. The summed E-state index contributed by atoms with van der Waals surface area (Å²) < 4.78 is 14.0. The van der Waals surface area contributed by atoms with Crippen LogP contribution < -0.4 is 10.6 Å². The van der Waals surface area contributed by atoms with Crippen molar-refractivity contribution in [3.63, 3.8) is 0 Å². The molecule has 1 aliphatic rings. The third kappa shape index (κ3) is 3.39. The number of anilines is 2. The molecule has 0 aliphatic heterocycles. The lowest BCUT2D eigenvalue weighted by Crippen LogP contribution is -2.38. The van der Waals surface area contributed by atoms with E-state index in [-0.39, 0.29) is 17.9 Å². The SMILES string of the molecule is NC1CCC(N(c2cccc(F)c2)c2ccnc3cc(Cl)ccc23)CC1. The molecule has 2 N–H and O–H groups in total. The molecule has 0 saturated heterocycles. The third-order valence-electron chi connectivity index (χ3n) is 5.13. The van der Waals surface area contributed by atoms with Crippen molar-refractivity contribution in [1.82, 2.24) is 4.98 Å². The van der Waals surface area contributed by atoms with Crippen LogP contribution in [0.5, 0.6) is 0 Å². The number of nitrogens with two attached hydrogens (primary N) is 1. The predicted octanol–water partition coefficient (Wildman–Crippen LogP) is 5.44. The summed E-state index contributed by atoms with van der Waals surface area (Å²) in [6.07, 6.45) is 5.70. The molecule has 3 nitrogen and oxygen atoms in total. The monoisotopic (exact) mass is 369 g/mol. The number of fused-ring (bicyclic) bond motifs is 1. The zero-order valence-electron chi connectivity index (χ0n) is 14.4. The minimum Gasteiger partial charge on any atom is -0.338 e. The van der Waals surface area contributed by atoms with Gasteiger partial charge in [-0.3, -0.25) is 4.98 Å². The van der Waals surface area contributed by atoms with E-state index in [1.165, 1.54) is 6.07 Å². The Hall–Kier alpha value is -2.17. The zero-order valence-corrected chi connectivity index (χ0v) is 15.2. The molecule has 0 radical (unpaired) electrons. The Labute approximate surface area is 157 Å². The first kappa shape index (κ1) is 17.3. The average molecular weight is 370 g/mol. The summed E-state index contributed by atoms with van der Waals surface area (Å²) >= 11 is 6.14. The maximum absolute atomic E-state index is 14.0. The molecule has 0 spiro atoms. The van der Waals surface area contributed by atoms with Crippen LogP contribution in [0, 0.1) is 5.82 Å². The van der Waals surface area contributed by atoms with Gasteiger partial charge in [-0.15, -0.1) is 0 Å². The molecule has 0 bridgehead atoms. The van der Waals surface area contributed by atoms with Gasteiger partial charge in [-0.1, -0.05) is 17.7 Å². The Kier molecular flexibility index (Phi) is 4.79. The Bertz CT molecular complexity index is 922. The van der Waals surface area contributed by atoms with Crippen molar-refractivity contribution in [1.29, 1.82) is 0 Å². The third-order valence-corrected chi connectivity index (χ3v) is 5.37. The maximum Gasteiger partial charge on any atom is 0.125 e. The highest BCUT2D eigenvalue weighted by molar-refractivity contribution is 6.31. The number of hydrogen-bond acceptors (Lipinski definition) is 3. The minimum absolute atomic E-state index is 0.235. The van der Waals surface area contributed by atoms with E-state index in [4.69, 9.17) is 17.3 Å². The quantitative estimate of drug-likeness (QED) is 0.668. The molecule has 2 aromatic carbocycles. The summed E-state index contributed by atoms with van der Waals surface area (Å²) in [5.74, 6) is -0.235. The van der Waals surface area contributed by atoms with Crippen LogP contribution in [-0.4, -0.2) is 17.1 Å². The van der Waals surface area contributed by atoms with Crippen molar-refractivity contribution in [3.8, 4) is 0 Å². The zero-order chi connectivity index (χ0) is 18.1. The number of nitrogens with zero attached hydrogens (tertiary/aromatic N) is 2. The van der Waals surface area contributed by atoms with Crippen LogP contribution in [0.3, 0.4) is 0 Å². The molecular formula is C21H21ClFN3. The van der Waals surface area contributed by atoms with Crippen molar-refractivity contribution in [2.45, 2.75) is 37.8 Å². The molecule has 3 aromatic rings. The highest BCUT2D eigenvalue weighted by Crippen LogP contribution is 2.38. The molecule has 26 heavy (non-hydrogen) atoms. The van der Waals surface area contributed by atoms with Gasteiger partial charge in [0.05, 0.1) is 11.2 Å². The molecule has 0 amide bonds. The lowest BCUT2D eigenvalue weighted by atomic mass is 9.90. The van der Waals surface area contributed by atoms with Crippen LogP contribution in [0.1, 0.15) is 25.7 Å². The fourth-order valence-electron chi connectivity index (χ4n) is 3.85. The van der Waals surface area contributed by atoms with Crippen LogP contribution >= 0.6 is 11.6 Å². The maximum atomic E-state index is 14.0. The van der Waals surface area contributed by atoms with Crippen molar-refractivity contribution in [3.05, 3.63) is 65.6 Å². The van der Waals surface area contributed by atoms with Crippen LogP contribution in [0.2, 0.25) is 5.02 Å². The normalized spacial score (nSPS) is 20.3. The molecule has 0 unspecified atom stereocenters. The Morgan fingerprint density at radius 3 is 2.62 bits per heavy atom. The van der Waals surface area contributed by atoms with Crippen molar-refractivity contribution < 1.29 is 4.39 Å². The first-order chi connectivity index (χ1) is 12.6. The summed E-state index contributed by atoms with van der Waals surface area (Å²) in [6, 6.07) is 15.0. The van der Waals surface area contributed by atoms with Crippen molar-refractivity contribution in [2.24, 2.45) is 5.73 Å². The molecule has 1 heterocycles. The number of benzene rings is 2. The summed E-state index contributed by atoms with van der Waals surface area (Å²) in [7, 11) is 0. The molecule has 4 rings (SSSR count). The highest BCUT2D eigenvalue weighted by atomic mass is 35.5. The number of hydrogen-bond donors (Lipinski definition) is 1. The second-order valence-corrected chi connectivity index (χ2v) is 7.35. The average Bonchev–Trinajstić information content (AvgIpc) is 2.63. The number of pyridine rings is 1. The molecule has 134 valence electrons.